The second-order valence-electron chi connectivity index (χ2n) is 5.95. The molecule has 0 bridgehead atoms. The molecule has 2 aromatic heterocycles. The SMILES string of the molecule is CCCCN(CC)c1nc(Cl)nc2scc(-c3ccc(C)cc3)c12. The van der Waals surface area contributed by atoms with Crippen LogP contribution in [0.3, 0.4) is 0 Å². The zero-order valence-corrected chi connectivity index (χ0v) is 15.9. The summed E-state index contributed by atoms with van der Waals surface area (Å²) in [6, 6.07) is 8.61. The highest BCUT2D eigenvalue weighted by atomic mass is 35.5. The Morgan fingerprint density at radius 1 is 1.12 bits per heavy atom. The summed E-state index contributed by atoms with van der Waals surface area (Å²) in [5.74, 6) is 0.956. The van der Waals surface area contributed by atoms with E-state index >= 15 is 0 Å². The maximum Gasteiger partial charge on any atom is 0.225 e. The van der Waals surface area contributed by atoms with Crippen molar-refractivity contribution in [2.24, 2.45) is 0 Å². The quantitative estimate of drug-likeness (QED) is 0.509. The van der Waals surface area contributed by atoms with E-state index in [1.807, 2.05) is 0 Å². The number of halogens is 1. The van der Waals surface area contributed by atoms with Crippen LogP contribution in [-0.2, 0) is 0 Å². The third-order valence-electron chi connectivity index (χ3n) is 4.21. The van der Waals surface area contributed by atoms with E-state index < -0.39 is 0 Å². The Balaban J connectivity index is 2.16. The Morgan fingerprint density at radius 3 is 2.54 bits per heavy atom. The molecule has 0 aliphatic heterocycles. The van der Waals surface area contributed by atoms with Gasteiger partial charge in [0.15, 0.2) is 0 Å². The molecule has 3 rings (SSSR count). The monoisotopic (exact) mass is 359 g/mol. The zero-order valence-electron chi connectivity index (χ0n) is 14.3. The lowest BCUT2D eigenvalue weighted by Crippen LogP contribution is -2.25. The summed E-state index contributed by atoms with van der Waals surface area (Å²) < 4.78 is 0. The van der Waals surface area contributed by atoms with Crippen molar-refractivity contribution in [3.05, 3.63) is 40.5 Å². The molecule has 0 fully saturated rings. The Labute approximate surface area is 152 Å². The molecule has 0 spiro atoms. The van der Waals surface area contributed by atoms with E-state index in [-0.39, 0.29) is 0 Å². The van der Waals surface area contributed by atoms with E-state index in [1.54, 1.807) is 11.3 Å². The van der Waals surface area contributed by atoms with Crippen LogP contribution in [0, 0.1) is 6.92 Å². The maximum atomic E-state index is 6.19. The fraction of sp³-hybridized carbons (Fsp3) is 0.368. The number of hydrogen-bond acceptors (Lipinski definition) is 4. The summed E-state index contributed by atoms with van der Waals surface area (Å²) in [6.07, 6.45) is 2.30. The zero-order chi connectivity index (χ0) is 17.1. The Kier molecular flexibility index (Phi) is 5.36. The summed E-state index contributed by atoms with van der Waals surface area (Å²) >= 11 is 7.82. The highest BCUT2D eigenvalue weighted by molar-refractivity contribution is 7.17. The van der Waals surface area contributed by atoms with Crippen molar-refractivity contribution in [2.75, 3.05) is 18.0 Å². The highest BCUT2D eigenvalue weighted by Gasteiger charge is 2.18. The largest absolute Gasteiger partial charge is 0.356 e. The summed E-state index contributed by atoms with van der Waals surface area (Å²) in [5.41, 5.74) is 3.65. The van der Waals surface area contributed by atoms with E-state index in [4.69, 9.17) is 11.6 Å². The second kappa shape index (κ2) is 7.49. The van der Waals surface area contributed by atoms with Crippen molar-refractivity contribution < 1.29 is 0 Å². The fourth-order valence-electron chi connectivity index (χ4n) is 2.84. The molecule has 0 N–H and O–H groups in total. The first-order valence-corrected chi connectivity index (χ1v) is 9.66. The molecule has 0 atom stereocenters. The van der Waals surface area contributed by atoms with Gasteiger partial charge in [-0.1, -0.05) is 43.2 Å². The molecule has 0 radical (unpaired) electrons. The number of aromatic nitrogens is 2. The molecule has 24 heavy (non-hydrogen) atoms. The molecule has 1 aromatic carbocycles. The second-order valence-corrected chi connectivity index (χ2v) is 7.14. The van der Waals surface area contributed by atoms with E-state index in [1.165, 1.54) is 16.7 Å². The lowest BCUT2D eigenvalue weighted by Gasteiger charge is -2.23. The van der Waals surface area contributed by atoms with E-state index in [2.05, 4.69) is 65.3 Å². The van der Waals surface area contributed by atoms with Gasteiger partial charge in [-0.2, -0.15) is 4.98 Å². The number of thiophene rings is 1. The molecule has 0 aliphatic rings. The fourth-order valence-corrected chi connectivity index (χ4v) is 3.99. The summed E-state index contributed by atoms with van der Waals surface area (Å²) in [4.78, 5) is 12.3. The number of nitrogens with zero attached hydrogens (tertiary/aromatic N) is 3. The van der Waals surface area contributed by atoms with Gasteiger partial charge in [-0.25, -0.2) is 4.98 Å². The van der Waals surface area contributed by atoms with Crippen LogP contribution in [0.2, 0.25) is 5.28 Å². The number of hydrogen-bond donors (Lipinski definition) is 0. The summed E-state index contributed by atoms with van der Waals surface area (Å²) in [6.45, 7) is 8.37. The van der Waals surface area contributed by atoms with Crippen molar-refractivity contribution in [1.29, 1.82) is 0 Å². The topological polar surface area (TPSA) is 29.0 Å². The molecule has 0 saturated carbocycles. The minimum atomic E-state index is 0.324. The Hall–Kier alpha value is -1.65. The molecule has 0 aliphatic carbocycles. The molecule has 3 aromatic rings. The third kappa shape index (κ3) is 3.40. The Bertz CT molecular complexity index is 826. The number of rotatable bonds is 6. The first-order chi connectivity index (χ1) is 11.6. The molecular formula is C19H22ClN3S. The number of aryl methyl sites for hydroxylation is 1. The Morgan fingerprint density at radius 2 is 1.88 bits per heavy atom. The van der Waals surface area contributed by atoms with E-state index in [0.717, 1.165) is 42.0 Å². The smallest absolute Gasteiger partial charge is 0.225 e. The molecule has 2 heterocycles. The predicted octanol–water partition coefficient (Wildman–Crippen LogP) is 5.95. The predicted molar refractivity (Wildman–Crippen MR) is 105 cm³/mol. The van der Waals surface area contributed by atoms with Gasteiger partial charge < -0.3 is 4.90 Å². The van der Waals surface area contributed by atoms with Crippen molar-refractivity contribution >= 4 is 39.0 Å². The first-order valence-electron chi connectivity index (χ1n) is 8.40. The van der Waals surface area contributed by atoms with Crippen LogP contribution in [0.4, 0.5) is 5.82 Å². The molecule has 0 saturated heterocycles. The first kappa shape index (κ1) is 17.2. The van der Waals surface area contributed by atoms with Crippen LogP contribution in [0.25, 0.3) is 21.3 Å². The lowest BCUT2D eigenvalue weighted by molar-refractivity contribution is 0.726. The summed E-state index contributed by atoms with van der Waals surface area (Å²) in [7, 11) is 0. The van der Waals surface area contributed by atoms with Crippen LogP contribution >= 0.6 is 22.9 Å². The summed E-state index contributed by atoms with van der Waals surface area (Å²) in [5, 5.41) is 3.60. The number of benzene rings is 1. The normalized spacial score (nSPS) is 11.2. The average molecular weight is 360 g/mol. The van der Waals surface area contributed by atoms with Gasteiger partial charge in [0.1, 0.15) is 10.6 Å². The number of fused-ring (bicyclic) bond motifs is 1. The van der Waals surface area contributed by atoms with Gasteiger partial charge in [-0.3, -0.25) is 0 Å². The number of unbranched alkanes of at least 4 members (excludes halogenated alkanes) is 1. The van der Waals surface area contributed by atoms with Crippen molar-refractivity contribution in [3.8, 4) is 11.1 Å². The van der Waals surface area contributed by atoms with Gasteiger partial charge in [0.2, 0.25) is 5.28 Å². The van der Waals surface area contributed by atoms with E-state index in [0.29, 0.717) is 5.28 Å². The minimum absolute atomic E-state index is 0.324. The van der Waals surface area contributed by atoms with Crippen molar-refractivity contribution in [1.82, 2.24) is 9.97 Å². The molecule has 126 valence electrons. The van der Waals surface area contributed by atoms with Crippen LogP contribution in [0.15, 0.2) is 29.6 Å². The molecule has 0 unspecified atom stereocenters. The van der Waals surface area contributed by atoms with Crippen LogP contribution in [-0.4, -0.2) is 23.1 Å². The molecule has 5 heteroatoms. The average Bonchev–Trinajstić information content (AvgIpc) is 2.99. The van der Waals surface area contributed by atoms with Crippen LogP contribution < -0.4 is 4.90 Å². The van der Waals surface area contributed by atoms with E-state index in [9.17, 15) is 0 Å². The molecule has 0 amide bonds. The van der Waals surface area contributed by atoms with Gasteiger partial charge in [0.05, 0.1) is 5.39 Å². The standard InChI is InChI=1S/C19H22ClN3S/c1-4-6-11-23(5-2)17-16-15(14-9-7-13(3)8-10-14)12-24-18(16)22-19(20)21-17/h7-10,12H,4-6,11H2,1-3H3. The van der Waals surface area contributed by atoms with Crippen LogP contribution in [0.5, 0.6) is 0 Å². The third-order valence-corrected chi connectivity index (χ3v) is 5.25. The van der Waals surface area contributed by atoms with Gasteiger partial charge in [0.25, 0.3) is 0 Å². The van der Waals surface area contributed by atoms with Gasteiger partial charge >= 0.3 is 0 Å². The van der Waals surface area contributed by atoms with Crippen molar-refractivity contribution in [2.45, 2.75) is 33.6 Å². The lowest BCUT2D eigenvalue weighted by atomic mass is 10.0. The van der Waals surface area contributed by atoms with Crippen molar-refractivity contribution in [3.63, 3.8) is 0 Å². The van der Waals surface area contributed by atoms with Gasteiger partial charge in [-0.15, -0.1) is 11.3 Å². The number of anilines is 1. The highest BCUT2D eigenvalue weighted by Crippen LogP contribution is 2.39. The molecular weight excluding hydrogens is 338 g/mol. The van der Waals surface area contributed by atoms with Gasteiger partial charge in [0, 0.05) is 24.0 Å². The van der Waals surface area contributed by atoms with Gasteiger partial charge in [-0.05, 0) is 37.4 Å². The molecule has 3 nitrogen and oxygen atoms in total. The minimum Gasteiger partial charge on any atom is -0.356 e. The maximum absolute atomic E-state index is 6.19. The van der Waals surface area contributed by atoms with Crippen LogP contribution in [0.1, 0.15) is 32.3 Å².